The Balaban J connectivity index is 2.90. The van der Waals surface area contributed by atoms with Gasteiger partial charge in [0.05, 0.1) is 11.6 Å². The summed E-state index contributed by atoms with van der Waals surface area (Å²) in [6, 6.07) is 4.49. The van der Waals surface area contributed by atoms with Gasteiger partial charge in [0.1, 0.15) is 4.90 Å². The molecule has 0 unspecified atom stereocenters. The standard InChI is InChI=1S/C12H16BrClN2O3S/c1-3-6-15-12(17)8-16(2)20(18,19)11-5-4-9(13)7-10(11)14/h4-5,7H,3,6,8H2,1-2H3,(H,15,17). The van der Waals surface area contributed by atoms with Crippen LogP contribution in [-0.2, 0) is 14.8 Å². The molecule has 8 heteroatoms. The number of nitrogens with one attached hydrogen (secondary N) is 1. The number of hydrogen-bond donors (Lipinski definition) is 1. The molecule has 1 aromatic carbocycles. The van der Waals surface area contributed by atoms with Crippen molar-refractivity contribution in [2.24, 2.45) is 0 Å². The van der Waals surface area contributed by atoms with Crippen molar-refractivity contribution in [2.45, 2.75) is 18.2 Å². The van der Waals surface area contributed by atoms with Crippen molar-refractivity contribution in [1.82, 2.24) is 9.62 Å². The highest BCUT2D eigenvalue weighted by molar-refractivity contribution is 9.10. The number of benzene rings is 1. The van der Waals surface area contributed by atoms with Gasteiger partial charge in [0, 0.05) is 18.1 Å². The Morgan fingerprint density at radius 3 is 2.65 bits per heavy atom. The number of nitrogens with zero attached hydrogens (tertiary/aromatic N) is 1. The smallest absolute Gasteiger partial charge is 0.244 e. The molecule has 0 bridgehead atoms. The molecule has 5 nitrogen and oxygen atoms in total. The van der Waals surface area contributed by atoms with Crippen molar-refractivity contribution in [3.05, 3.63) is 27.7 Å². The molecule has 1 aromatic rings. The number of likely N-dealkylation sites (N-methyl/N-ethyl adjacent to an activating group) is 1. The Kier molecular flexibility index (Phi) is 6.44. The minimum absolute atomic E-state index is 0.0202. The molecular weight excluding hydrogens is 368 g/mol. The molecule has 1 N–H and O–H groups in total. The van der Waals surface area contributed by atoms with Crippen LogP contribution < -0.4 is 5.32 Å². The van der Waals surface area contributed by atoms with E-state index >= 15 is 0 Å². The van der Waals surface area contributed by atoms with Crippen LogP contribution in [-0.4, -0.2) is 38.8 Å². The van der Waals surface area contributed by atoms with Crippen molar-refractivity contribution < 1.29 is 13.2 Å². The van der Waals surface area contributed by atoms with Crippen molar-refractivity contribution in [1.29, 1.82) is 0 Å². The quantitative estimate of drug-likeness (QED) is 0.819. The number of carbonyl (C=O) groups is 1. The first-order chi connectivity index (χ1) is 9.28. The summed E-state index contributed by atoms with van der Waals surface area (Å²) < 4.78 is 26.3. The van der Waals surface area contributed by atoms with E-state index < -0.39 is 10.0 Å². The summed E-state index contributed by atoms with van der Waals surface area (Å²) in [6.07, 6.45) is 0.792. The van der Waals surface area contributed by atoms with Crippen LogP contribution in [0.2, 0.25) is 5.02 Å². The first-order valence-corrected chi connectivity index (χ1v) is 8.58. The van der Waals surface area contributed by atoms with Gasteiger partial charge in [-0.05, 0) is 24.6 Å². The zero-order valence-corrected chi connectivity index (χ0v) is 14.3. The summed E-state index contributed by atoms with van der Waals surface area (Å²) in [7, 11) is -2.44. The van der Waals surface area contributed by atoms with E-state index in [0.29, 0.717) is 11.0 Å². The fraction of sp³-hybridized carbons (Fsp3) is 0.417. The molecule has 0 fully saturated rings. The number of amides is 1. The third-order valence-corrected chi connectivity index (χ3v) is 5.30. The third kappa shape index (κ3) is 4.44. The monoisotopic (exact) mass is 382 g/mol. The number of sulfonamides is 1. The number of carbonyl (C=O) groups excluding carboxylic acids is 1. The molecule has 0 saturated heterocycles. The van der Waals surface area contributed by atoms with E-state index in [0.717, 1.165) is 10.7 Å². The summed E-state index contributed by atoms with van der Waals surface area (Å²) in [5.74, 6) is -0.342. The summed E-state index contributed by atoms with van der Waals surface area (Å²) in [4.78, 5) is 11.6. The molecule has 0 heterocycles. The molecule has 0 aliphatic rings. The first kappa shape index (κ1) is 17.4. The van der Waals surface area contributed by atoms with Crippen LogP contribution in [0.15, 0.2) is 27.6 Å². The van der Waals surface area contributed by atoms with Crippen molar-refractivity contribution in [2.75, 3.05) is 20.1 Å². The van der Waals surface area contributed by atoms with Crippen LogP contribution >= 0.6 is 27.5 Å². The molecule has 0 saturated carbocycles. The Bertz CT molecular complexity index is 592. The average Bonchev–Trinajstić information content (AvgIpc) is 2.35. The lowest BCUT2D eigenvalue weighted by atomic mass is 10.4. The molecule has 20 heavy (non-hydrogen) atoms. The number of rotatable bonds is 6. The maximum absolute atomic E-state index is 12.3. The summed E-state index contributed by atoms with van der Waals surface area (Å²) in [5, 5.41) is 2.74. The van der Waals surface area contributed by atoms with E-state index in [1.54, 1.807) is 6.07 Å². The molecule has 1 rings (SSSR count). The normalized spacial score (nSPS) is 11.7. The van der Waals surface area contributed by atoms with E-state index in [-0.39, 0.29) is 22.4 Å². The van der Waals surface area contributed by atoms with Gasteiger partial charge in [-0.3, -0.25) is 4.79 Å². The topological polar surface area (TPSA) is 66.5 Å². The maximum Gasteiger partial charge on any atom is 0.244 e. The SMILES string of the molecule is CCCNC(=O)CN(C)S(=O)(=O)c1ccc(Br)cc1Cl. The minimum Gasteiger partial charge on any atom is -0.355 e. The summed E-state index contributed by atoms with van der Waals surface area (Å²) in [5.41, 5.74) is 0. The van der Waals surface area contributed by atoms with Gasteiger partial charge in [0.2, 0.25) is 15.9 Å². The second-order valence-corrected chi connectivity index (χ2v) is 7.52. The van der Waals surface area contributed by atoms with Gasteiger partial charge in [-0.2, -0.15) is 4.31 Å². The average molecular weight is 384 g/mol. The van der Waals surface area contributed by atoms with Crippen molar-refractivity contribution in [3.8, 4) is 0 Å². The predicted molar refractivity (Wildman–Crippen MR) is 82.3 cm³/mol. The van der Waals surface area contributed by atoms with Gasteiger partial charge in [-0.15, -0.1) is 0 Å². The van der Waals surface area contributed by atoms with Crippen LogP contribution in [0, 0.1) is 0 Å². The van der Waals surface area contributed by atoms with Gasteiger partial charge in [0.25, 0.3) is 0 Å². The van der Waals surface area contributed by atoms with Crippen molar-refractivity contribution in [3.63, 3.8) is 0 Å². The zero-order valence-electron chi connectivity index (χ0n) is 11.2. The van der Waals surface area contributed by atoms with Gasteiger partial charge >= 0.3 is 0 Å². The molecule has 0 atom stereocenters. The molecular formula is C12H16BrClN2O3S. The Morgan fingerprint density at radius 1 is 1.45 bits per heavy atom. The lowest BCUT2D eigenvalue weighted by Crippen LogP contribution is -2.38. The fourth-order valence-electron chi connectivity index (χ4n) is 1.46. The molecule has 0 radical (unpaired) electrons. The molecule has 0 aromatic heterocycles. The van der Waals surface area contributed by atoms with Gasteiger partial charge in [-0.25, -0.2) is 8.42 Å². The predicted octanol–water partition coefficient (Wildman–Crippen LogP) is 2.25. The van der Waals surface area contributed by atoms with Gasteiger partial charge in [0.15, 0.2) is 0 Å². The molecule has 0 aliphatic heterocycles. The molecule has 0 aliphatic carbocycles. The van der Waals surface area contributed by atoms with E-state index in [4.69, 9.17) is 11.6 Å². The maximum atomic E-state index is 12.3. The number of hydrogen-bond acceptors (Lipinski definition) is 3. The van der Waals surface area contributed by atoms with Crippen LogP contribution in [0.1, 0.15) is 13.3 Å². The molecule has 1 amide bonds. The lowest BCUT2D eigenvalue weighted by molar-refractivity contribution is -0.121. The first-order valence-electron chi connectivity index (χ1n) is 5.97. The molecule has 112 valence electrons. The van der Waals surface area contributed by atoms with Crippen LogP contribution in [0.25, 0.3) is 0 Å². The highest BCUT2D eigenvalue weighted by Crippen LogP contribution is 2.27. The van der Waals surface area contributed by atoms with Gasteiger partial charge in [-0.1, -0.05) is 34.5 Å². The van der Waals surface area contributed by atoms with E-state index in [2.05, 4.69) is 21.2 Å². The molecule has 0 spiro atoms. The number of halogens is 2. The Morgan fingerprint density at radius 2 is 2.10 bits per heavy atom. The second kappa shape index (κ2) is 7.40. The second-order valence-electron chi connectivity index (χ2n) is 4.19. The highest BCUT2D eigenvalue weighted by Gasteiger charge is 2.25. The highest BCUT2D eigenvalue weighted by atomic mass is 79.9. The Labute approximate surface area is 132 Å². The fourth-order valence-corrected chi connectivity index (χ4v) is 3.59. The van der Waals surface area contributed by atoms with Gasteiger partial charge < -0.3 is 5.32 Å². The largest absolute Gasteiger partial charge is 0.355 e. The summed E-state index contributed by atoms with van der Waals surface area (Å²) >= 11 is 9.15. The Hall–Kier alpha value is -0.630. The third-order valence-electron chi connectivity index (χ3n) is 2.52. The van der Waals surface area contributed by atoms with Crippen LogP contribution in [0.4, 0.5) is 0 Å². The van der Waals surface area contributed by atoms with E-state index in [9.17, 15) is 13.2 Å². The minimum atomic E-state index is -3.79. The van der Waals surface area contributed by atoms with Crippen molar-refractivity contribution >= 4 is 43.5 Å². The van der Waals surface area contributed by atoms with Crippen LogP contribution in [0.5, 0.6) is 0 Å². The van der Waals surface area contributed by atoms with E-state index in [1.165, 1.54) is 19.2 Å². The van der Waals surface area contributed by atoms with E-state index in [1.807, 2.05) is 6.92 Å². The summed E-state index contributed by atoms with van der Waals surface area (Å²) in [6.45, 7) is 2.20. The lowest BCUT2D eigenvalue weighted by Gasteiger charge is -2.17. The van der Waals surface area contributed by atoms with Crippen LogP contribution in [0.3, 0.4) is 0 Å². The zero-order chi connectivity index (χ0) is 15.3.